The van der Waals surface area contributed by atoms with Gasteiger partial charge in [0.15, 0.2) is 0 Å². The summed E-state index contributed by atoms with van der Waals surface area (Å²) in [5, 5.41) is 4.38. The minimum atomic E-state index is -0.383. The van der Waals surface area contributed by atoms with Gasteiger partial charge in [-0.25, -0.2) is 4.39 Å². The first kappa shape index (κ1) is 28.8. The lowest BCUT2D eigenvalue weighted by Crippen LogP contribution is -2.40. The van der Waals surface area contributed by atoms with Crippen LogP contribution in [0, 0.1) is 18.7 Å². The minimum absolute atomic E-state index is 0.0145. The van der Waals surface area contributed by atoms with Crippen LogP contribution < -0.4 is 4.90 Å². The van der Waals surface area contributed by atoms with Crippen LogP contribution in [0.2, 0.25) is 0 Å². The van der Waals surface area contributed by atoms with Crippen LogP contribution in [0.15, 0.2) is 24.4 Å². The molecule has 8 nitrogen and oxygen atoms in total. The number of rotatable bonds is 7. The zero-order valence-corrected chi connectivity index (χ0v) is 23.0. The molecule has 1 aliphatic heterocycles. The van der Waals surface area contributed by atoms with Crippen molar-refractivity contribution in [2.75, 3.05) is 51.3 Å². The maximum Gasteiger partial charge on any atom is 0.252 e. The fourth-order valence-electron chi connectivity index (χ4n) is 5.06. The van der Waals surface area contributed by atoms with Crippen LogP contribution in [0.25, 0.3) is 0 Å². The maximum atomic E-state index is 14.4. The lowest BCUT2D eigenvalue weighted by atomic mass is 10.1. The number of aromatic nitrogens is 2. The molecule has 0 saturated heterocycles. The Balaban J connectivity index is 1.90. The number of hydrogen-bond donors (Lipinski definition) is 0. The van der Waals surface area contributed by atoms with Crippen LogP contribution >= 0.6 is 0 Å². The van der Waals surface area contributed by atoms with Gasteiger partial charge in [0, 0.05) is 58.6 Å². The molecule has 1 aromatic carbocycles. The first-order valence-corrected chi connectivity index (χ1v) is 13.2. The standard InChI is InChI=1S/C28H42FN5O3/c1-21(2)17-32-12-6-14-33(27(35)11-8-23-18-31(4)30-22(23)3)19-24-16-25(29)9-10-26(24)34(15-7-13-32)28(36)20-37-5/h9-10,16,18,21H,6-8,11-15,17,19-20H2,1-5H3. The first-order valence-electron chi connectivity index (χ1n) is 13.2. The summed E-state index contributed by atoms with van der Waals surface area (Å²) in [6.07, 6.45) is 4.53. The molecular formula is C28H42FN5O3. The molecule has 9 heteroatoms. The molecule has 2 aromatic rings. The number of methoxy groups -OCH3 is 1. The van der Waals surface area contributed by atoms with Gasteiger partial charge in [0.05, 0.1) is 5.69 Å². The van der Waals surface area contributed by atoms with E-state index in [9.17, 15) is 14.0 Å². The van der Waals surface area contributed by atoms with E-state index in [4.69, 9.17) is 4.74 Å². The summed E-state index contributed by atoms with van der Waals surface area (Å²) >= 11 is 0. The number of benzene rings is 1. The zero-order valence-electron chi connectivity index (χ0n) is 23.0. The Labute approximate surface area is 220 Å². The molecule has 0 radical (unpaired) electrons. The van der Waals surface area contributed by atoms with Gasteiger partial charge in [0.25, 0.3) is 5.91 Å². The molecule has 0 fully saturated rings. The monoisotopic (exact) mass is 515 g/mol. The summed E-state index contributed by atoms with van der Waals surface area (Å²) in [6.45, 7) is 10.3. The molecule has 1 aromatic heterocycles. The second-order valence-corrected chi connectivity index (χ2v) is 10.4. The van der Waals surface area contributed by atoms with Crippen LogP contribution in [0.1, 0.15) is 49.9 Å². The van der Waals surface area contributed by atoms with Crippen LogP contribution in [0.3, 0.4) is 0 Å². The number of halogens is 1. The number of aryl methyl sites for hydroxylation is 3. The lowest BCUT2D eigenvalue weighted by molar-refractivity contribution is -0.131. The van der Waals surface area contributed by atoms with Crippen molar-refractivity contribution in [2.45, 2.75) is 53.0 Å². The van der Waals surface area contributed by atoms with Crippen molar-refractivity contribution >= 4 is 17.5 Å². The van der Waals surface area contributed by atoms with Crippen molar-refractivity contribution in [1.29, 1.82) is 0 Å². The molecule has 0 N–H and O–H groups in total. The Bertz CT molecular complexity index is 1050. The molecule has 0 spiro atoms. The third kappa shape index (κ3) is 8.36. The van der Waals surface area contributed by atoms with Crippen molar-refractivity contribution in [3.63, 3.8) is 0 Å². The quantitative estimate of drug-likeness (QED) is 0.564. The van der Waals surface area contributed by atoms with Gasteiger partial charge in [0.1, 0.15) is 12.4 Å². The number of anilines is 1. The Kier molecular flexibility index (Phi) is 10.6. The fraction of sp³-hybridized carbons (Fsp3) is 0.607. The molecule has 0 aliphatic carbocycles. The lowest BCUT2D eigenvalue weighted by Gasteiger charge is -2.32. The van der Waals surface area contributed by atoms with Crippen molar-refractivity contribution in [3.05, 3.63) is 47.0 Å². The smallest absolute Gasteiger partial charge is 0.252 e. The number of amides is 2. The number of carbonyl (C=O) groups is 2. The molecule has 37 heavy (non-hydrogen) atoms. The minimum Gasteiger partial charge on any atom is -0.375 e. The summed E-state index contributed by atoms with van der Waals surface area (Å²) in [7, 11) is 3.37. The number of hydrogen-bond acceptors (Lipinski definition) is 5. The second kappa shape index (κ2) is 13.7. The van der Waals surface area contributed by atoms with Crippen molar-refractivity contribution in [3.8, 4) is 0 Å². The van der Waals surface area contributed by atoms with E-state index in [1.807, 2.05) is 25.1 Å². The SMILES string of the molecule is COCC(=O)N1CCCN(CC(C)C)CCCN(C(=O)CCc2cn(C)nc2C)Cc2cc(F)ccc21. The normalized spacial score (nSPS) is 15.9. The van der Waals surface area contributed by atoms with Crippen LogP contribution in [-0.4, -0.2) is 77.8 Å². The van der Waals surface area contributed by atoms with Gasteiger partial charge in [0.2, 0.25) is 5.91 Å². The van der Waals surface area contributed by atoms with E-state index in [2.05, 4.69) is 23.8 Å². The molecule has 204 valence electrons. The summed E-state index contributed by atoms with van der Waals surface area (Å²) in [5.41, 5.74) is 3.25. The molecule has 1 aliphatic rings. The fourth-order valence-corrected chi connectivity index (χ4v) is 5.06. The van der Waals surface area contributed by atoms with E-state index < -0.39 is 0 Å². The number of nitrogens with zero attached hydrogens (tertiary/aromatic N) is 5. The third-order valence-electron chi connectivity index (χ3n) is 6.72. The molecule has 2 heterocycles. The van der Waals surface area contributed by atoms with Gasteiger partial charge in [-0.1, -0.05) is 13.8 Å². The van der Waals surface area contributed by atoms with Crippen molar-refractivity contribution < 1.29 is 18.7 Å². The van der Waals surface area contributed by atoms with Gasteiger partial charge in [-0.3, -0.25) is 14.3 Å². The van der Waals surface area contributed by atoms with Crippen LogP contribution in [0.4, 0.5) is 10.1 Å². The Hall–Kier alpha value is -2.78. The highest BCUT2D eigenvalue weighted by molar-refractivity contribution is 5.95. The van der Waals surface area contributed by atoms with Crippen molar-refractivity contribution in [1.82, 2.24) is 19.6 Å². The van der Waals surface area contributed by atoms with E-state index in [0.717, 1.165) is 43.7 Å². The van der Waals surface area contributed by atoms with E-state index in [1.165, 1.54) is 19.2 Å². The summed E-state index contributed by atoms with van der Waals surface area (Å²) in [6, 6.07) is 4.47. The average molecular weight is 516 g/mol. The average Bonchev–Trinajstić information content (AvgIpc) is 3.15. The molecule has 0 saturated carbocycles. The maximum absolute atomic E-state index is 14.4. The summed E-state index contributed by atoms with van der Waals surface area (Å²) in [4.78, 5) is 32.4. The summed E-state index contributed by atoms with van der Waals surface area (Å²) in [5.74, 6) is -0.0248. The second-order valence-electron chi connectivity index (χ2n) is 10.4. The Morgan fingerprint density at radius 3 is 2.49 bits per heavy atom. The van der Waals surface area contributed by atoms with Gasteiger partial charge >= 0.3 is 0 Å². The van der Waals surface area contributed by atoms with Gasteiger partial charge in [-0.2, -0.15) is 5.10 Å². The Morgan fingerprint density at radius 1 is 1.11 bits per heavy atom. The summed E-state index contributed by atoms with van der Waals surface area (Å²) < 4.78 is 21.3. The van der Waals surface area contributed by atoms with Gasteiger partial charge in [-0.05, 0) is 74.5 Å². The highest BCUT2D eigenvalue weighted by Gasteiger charge is 2.24. The third-order valence-corrected chi connectivity index (χ3v) is 6.72. The number of ether oxygens (including phenoxy) is 1. The Morgan fingerprint density at radius 2 is 1.84 bits per heavy atom. The molecule has 2 amide bonds. The van der Waals surface area contributed by atoms with E-state index in [-0.39, 0.29) is 30.8 Å². The number of fused-ring (bicyclic) bond motifs is 1. The van der Waals surface area contributed by atoms with Crippen LogP contribution in [0.5, 0.6) is 0 Å². The van der Waals surface area contributed by atoms with Crippen LogP contribution in [-0.2, 0) is 34.3 Å². The van der Waals surface area contributed by atoms with E-state index in [0.29, 0.717) is 43.1 Å². The molecular weight excluding hydrogens is 473 g/mol. The first-order chi connectivity index (χ1) is 17.7. The molecule has 0 unspecified atom stereocenters. The predicted octanol–water partition coefficient (Wildman–Crippen LogP) is 3.56. The molecule has 3 rings (SSSR count). The highest BCUT2D eigenvalue weighted by atomic mass is 19.1. The highest BCUT2D eigenvalue weighted by Crippen LogP contribution is 2.25. The van der Waals surface area contributed by atoms with Gasteiger partial charge < -0.3 is 19.4 Å². The number of carbonyl (C=O) groups excluding carboxylic acids is 2. The predicted molar refractivity (Wildman–Crippen MR) is 143 cm³/mol. The topological polar surface area (TPSA) is 70.9 Å². The van der Waals surface area contributed by atoms with Gasteiger partial charge in [-0.15, -0.1) is 0 Å². The van der Waals surface area contributed by atoms with E-state index in [1.54, 1.807) is 15.6 Å². The largest absolute Gasteiger partial charge is 0.375 e. The molecule has 0 atom stereocenters. The zero-order chi connectivity index (χ0) is 26.9. The van der Waals surface area contributed by atoms with E-state index >= 15 is 0 Å². The molecule has 0 bridgehead atoms. The van der Waals surface area contributed by atoms with Crippen molar-refractivity contribution in [2.24, 2.45) is 13.0 Å².